The zero-order valence-corrected chi connectivity index (χ0v) is 21.9. The molecule has 0 spiro atoms. The van der Waals surface area contributed by atoms with Gasteiger partial charge in [0.15, 0.2) is 0 Å². The minimum atomic E-state index is -0.125. The minimum absolute atomic E-state index is 0.0533. The third-order valence-electron chi connectivity index (χ3n) is 13.4. The Morgan fingerprint density at radius 3 is 2.23 bits per heavy atom. The first-order chi connectivity index (χ1) is 14.3. The largest absolute Gasteiger partial charge is 0.393 e. The van der Waals surface area contributed by atoms with Gasteiger partial charge in [-0.2, -0.15) is 0 Å². The molecule has 1 heteroatoms. The van der Waals surface area contributed by atoms with Gasteiger partial charge in [-0.15, -0.1) is 0 Å². The predicted molar refractivity (Wildman–Crippen MR) is 131 cm³/mol. The Kier molecular flexibility index (Phi) is 4.82. The smallest absolute Gasteiger partial charge is 0.0594 e. The molecule has 176 valence electrons. The monoisotopic (exact) mass is 426 g/mol. The lowest BCUT2D eigenvalue weighted by atomic mass is 9.33. The quantitative estimate of drug-likeness (QED) is 0.389. The number of aliphatic hydroxyl groups is 1. The fourth-order valence-electron chi connectivity index (χ4n) is 10.8. The van der Waals surface area contributed by atoms with E-state index in [1.54, 1.807) is 0 Å². The lowest BCUT2D eigenvalue weighted by Gasteiger charge is -2.71. The second-order valence-electron chi connectivity index (χ2n) is 14.7. The molecule has 0 radical (unpaired) electrons. The van der Waals surface area contributed by atoms with E-state index in [1.165, 1.54) is 51.4 Å². The maximum absolute atomic E-state index is 10.9. The van der Waals surface area contributed by atoms with Crippen LogP contribution in [0, 0.1) is 56.7 Å². The molecule has 0 heterocycles. The zero-order chi connectivity index (χ0) is 22.6. The third-order valence-corrected chi connectivity index (χ3v) is 13.4. The lowest BCUT2D eigenvalue weighted by Crippen LogP contribution is -2.64. The molecule has 0 aromatic carbocycles. The van der Waals surface area contributed by atoms with E-state index in [0.29, 0.717) is 27.6 Å². The van der Waals surface area contributed by atoms with E-state index in [4.69, 9.17) is 0 Å². The summed E-state index contributed by atoms with van der Waals surface area (Å²) in [5.74, 6) is 3.90. The first-order valence-corrected chi connectivity index (χ1v) is 13.7. The molecule has 0 aromatic rings. The molecule has 5 rings (SSSR count). The summed E-state index contributed by atoms with van der Waals surface area (Å²) < 4.78 is 0. The first-order valence-electron chi connectivity index (χ1n) is 13.7. The van der Waals surface area contributed by atoms with E-state index < -0.39 is 0 Å². The van der Waals surface area contributed by atoms with Gasteiger partial charge in [0.05, 0.1) is 6.10 Å². The fraction of sp³-hybridized carbons (Fsp3) is 0.933. The van der Waals surface area contributed by atoms with Gasteiger partial charge in [-0.25, -0.2) is 0 Å². The molecule has 31 heavy (non-hydrogen) atoms. The first kappa shape index (κ1) is 22.5. The number of fused-ring (bicyclic) bond motifs is 7. The molecule has 4 fully saturated rings. The normalized spacial score (nSPS) is 58.3. The Labute approximate surface area is 192 Å². The molecular formula is C30H50O. The topological polar surface area (TPSA) is 20.2 Å². The van der Waals surface area contributed by atoms with Gasteiger partial charge in [-0.05, 0) is 114 Å². The van der Waals surface area contributed by atoms with Crippen LogP contribution in [0.15, 0.2) is 11.6 Å². The molecule has 5 aliphatic rings. The van der Waals surface area contributed by atoms with Crippen LogP contribution in [0.25, 0.3) is 0 Å². The highest BCUT2D eigenvalue weighted by atomic mass is 16.3. The molecule has 0 amide bonds. The van der Waals surface area contributed by atoms with E-state index >= 15 is 0 Å². The summed E-state index contributed by atoms with van der Waals surface area (Å²) in [4.78, 5) is 0. The fourth-order valence-corrected chi connectivity index (χ4v) is 10.8. The van der Waals surface area contributed by atoms with E-state index in [0.717, 1.165) is 30.1 Å². The second kappa shape index (κ2) is 6.64. The summed E-state index contributed by atoms with van der Waals surface area (Å²) in [7, 11) is 0. The Balaban J connectivity index is 1.59. The molecule has 1 N–H and O–H groups in total. The molecule has 1 nitrogen and oxygen atoms in total. The number of aliphatic hydroxyl groups excluding tert-OH is 1. The van der Waals surface area contributed by atoms with Crippen LogP contribution in [-0.2, 0) is 0 Å². The molecule has 0 bridgehead atoms. The van der Waals surface area contributed by atoms with Crippen molar-refractivity contribution in [3.05, 3.63) is 11.6 Å². The van der Waals surface area contributed by atoms with Gasteiger partial charge in [-0.3, -0.25) is 0 Å². The molecule has 5 unspecified atom stereocenters. The summed E-state index contributed by atoms with van der Waals surface area (Å²) in [5, 5.41) is 10.9. The Hall–Kier alpha value is -0.300. The van der Waals surface area contributed by atoms with E-state index in [2.05, 4.69) is 61.5 Å². The summed E-state index contributed by atoms with van der Waals surface area (Å²) >= 11 is 0. The van der Waals surface area contributed by atoms with Crippen molar-refractivity contribution < 1.29 is 5.11 Å². The molecule has 0 aromatic heterocycles. The standard InChI is InChI=1S/C30H50O/c1-19-11-14-27(5)17-18-29(7)21(25(27)20(19)2)9-10-23-28(6)15-13-24(31)26(3,4)22(28)12-16-30(23,29)8/h9,19-20,22-25,31H,10-18H2,1-8H3/t19-,20+,22?,23?,24?,25?,27?,28+,29-,30-/m1/s1. The van der Waals surface area contributed by atoms with Crippen LogP contribution < -0.4 is 0 Å². The summed E-state index contributed by atoms with van der Waals surface area (Å²) in [6, 6.07) is 0. The van der Waals surface area contributed by atoms with Gasteiger partial charge in [0.1, 0.15) is 0 Å². The van der Waals surface area contributed by atoms with Crippen LogP contribution in [0.4, 0.5) is 0 Å². The minimum Gasteiger partial charge on any atom is -0.393 e. The Morgan fingerprint density at radius 2 is 1.52 bits per heavy atom. The average Bonchev–Trinajstić information content (AvgIpc) is 2.69. The Bertz CT molecular complexity index is 779. The number of hydrogen-bond acceptors (Lipinski definition) is 1. The van der Waals surface area contributed by atoms with Crippen molar-refractivity contribution in [2.45, 2.75) is 119 Å². The van der Waals surface area contributed by atoms with Crippen LogP contribution in [-0.4, -0.2) is 11.2 Å². The van der Waals surface area contributed by atoms with Crippen molar-refractivity contribution in [3.8, 4) is 0 Å². The molecule has 5 aliphatic carbocycles. The van der Waals surface area contributed by atoms with Crippen molar-refractivity contribution in [3.63, 3.8) is 0 Å². The summed E-state index contributed by atoms with van der Waals surface area (Å²) in [6.45, 7) is 20.5. The maximum atomic E-state index is 10.9. The molecule has 4 saturated carbocycles. The van der Waals surface area contributed by atoms with Gasteiger partial charge >= 0.3 is 0 Å². The van der Waals surface area contributed by atoms with Crippen LogP contribution >= 0.6 is 0 Å². The van der Waals surface area contributed by atoms with Crippen LogP contribution in [0.2, 0.25) is 0 Å². The van der Waals surface area contributed by atoms with Crippen molar-refractivity contribution in [2.24, 2.45) is 56.7 Å². The number of hydrogen-bond donors (Lipinski definition) is 1. The number of rotatable bonds is 0. The van der Waals surface area contributed by atoms with Gasteiger partial charge in [0.25, 0.3) is 0 Å². The van der Waals surface area contributed by atoms with Gasteiger partial charge in [-0.1, -0.05) is 67.0 Å². The van der Waals surface area contributed by atoms with Crippen LogP contribution in [0.3, 0.4) is 0 Å². The highest BCUT2D eigenvalue weighted by molar-refractivity contribution is 5.33. The lowest BCUT2D eigenvalue weighted by molar-refractivity contribution is -0.203. The van der Waals surface area contributed by atoms with Crippen molar-refractivity contribution in [2.75, 3.05) is 0 Å². The van der Waals surface area contributed by atoms with Crippen molar-refractivity contribution in [1.82, 2.24) is 0 Å². The molecule has 0 aliphatic heterocycles. The van der Waals surface area contributed by atoms with Crippen LogP contribution in [0.1, 0.15) is 113 Å². The highest BCUT2D eigenvalue weighted by Crippen LogP contribution is 2.75. The van der Waals surface area contributed by atoms with E-state index in [1.807, 2.05) is 5.57 Å². The van der Waals surface area contributed by atoms with Crippen LogP contribution in [0.5, 0.6) is 0 Å². The van der Waals surface area contributed by atoms with Crippen molar-refractivity contribution >= 4 is 0 Å². The maximum Gasteiger partial charge on any atom is 0.0594 e. The SMILES string of the molecule is C[C@@H]1CCC2(C)CC[C@]3(C)C(=CCC4[C@@]5(C)CCC(O)C(C)(C)C5CC[C@]43C)C2[C@H]1C. The number of allylic oxidation sites excluding steroid dienone is 2. The summed E-state index contributed by atoms with van der Waals surface area (Å²) in [6.07, 6.45) is 14.5. The Morgan fingerprint density at radius 1 is 0.806 bits per heavy atom. The summed E-state index contributed by atoms with van der Waals surface area (Å²) in [5.41, 5.74) is 3.60. The average molecular weight is 427 g/mol. The van der Waals surface area contributed by atoms with E-state index in [9.17, 15) is 5.11 Å². The molecule has 10 atom stereocenters. The second-order valence-corrected chi connectivity index (χ2v) is 14.7. The van der Waals surface area contributed by atoms with Gasteiger partial charge in [0, 0.05) is 0 Å². The van der Waals surface area contributed by atoms with Gasteiger partial charge < -0.3 is 5.11 Å². The molecule has 0 saturated heterocycles. The van der Waals surface area contributed by atoms with Crippen molar-refractivity contribution in [1.29, 1.82) is 0 Å². The third kappa shape index (κ3) is 2.65. The van der Waals surface area contributed by atoms with Gasteiger partial charge in [0.2, 0.25) is 0 Å². The predicted octanol–water partition coefficient (Wildman–Crippen LogP) is 8.02. The van der Waals surface area contributed by atoms with E-state index in [-0.39, 0.29) is 11.5 Å². The molecular weight excluding hydrogens is 376 g/mol. The highest BCUT2D eigenvalue weighted by Gasteiger charge is 2.67. The zero-order valence-electron chi connectivity index (χ0n) is 21.9.